The summed E-state index contributed by atoms with van der Waals surface area (Å²) < 4.78 is 5.58. The Kier molecular flexibility index (Phi) is 10.0. The van der Waals surface area contributed by atoms with Gasteiger partial charge in [-0.25, -0.2) is 0 Å². The van der Waals surface area contributed by atoms with Gasteiger partial charge in [-0.05, 0) is 40.0 Å². The number of hydrogen-bond donors (Lipinski definition) is 0. The van der Waals surface area contributed by atoms with Crippen LogP contribution in [0.3, 0.4) is 0 Å². The third kappa shape index (κ3) is 9.69. The minimum atomic E-state index is -0.344. The molecule has 24 heavy (non-hydrogen) atoms. The molecule has 0 amide bonds. The Hall–Kier alpha value is -0.530. The lowest BCUT2D eigenvalue weighted by Crippen LogP contribution is -2.29. The van der Waals surface area contributed by atoms with Crippen molar-refractivity contribution in [2.24, 2.45) is 5.41 Å². The van der Waals surface area contributed by atoms with Crippen LogP contribution in [0.4, 0.5) is 0 Å². The molecule has 0 aromatic carbocycles. The van der Waals surface area contributed by atoms with E-state index in [1.165, 1.54) is 77.0 Å². The molecule has 0 bridgehead atoms. The van der Waals surface area contributed by atoms with Gasteiger partial charge in [-0.2, -0.15) is 0 Å². The van der Waals surface area contributed by atoms with E-state index in [0.717, 1.165) is 19.3 Å². The highest BCUT2D eigenvalue weighted by molar-refractivity contribution is 5.80. The van der Waals surface area contributed by atoms with Crippen LogP contribution in [-0.4, -0.2) is 11.6 Å². The molecular formula is C22H42O2. The van der Waals surface area contributed by atoms with E-state index in [1.54, 1.807) is 0 Å². The van der Waals surface area contributed by atoms with Crippen LogP contribution in [-0.2, 0) is 9.53 Å². The average molecular weight is 339 g/mol. The van der Waals surface area contributed by atoms with Gasteiger partial charge in [0.1, 0.15) is 5.60 Å². The molecular weight excluding hydrogens is 296 g/mol. The van der Waals surface area contributed by atoms with Crippen LogP contribution in [0.25, 0.3) is 0 Å². The van der Waals surface area contributed by atoms with Crippen molar-refractivity contribution in [1.82, 2.24) is 0 Å². The first-order chi connectivity index (χ1) is 11.4. The van der Waals surface area contributed by atoms with Gasteiger partial charge in [-0.15, -0.1) is 0 Å². The van der Waals surface area contributed by atoms with Crippen molar-refractivity contribution in [1.29, 1.82) is 0 Å². The molecule has 1 fully saturated rings. The molecule has 0 aromatic heterocycles. The number of ether oxygens (including phenoxy) is 1. The molecule has 1 aliphatic carbocycles. The zero-order chi connectivity index (χ0) is 17.9. The zero-order valence-corrected chi connectivity index (χ0v) is 16.9. The fourth-order valence-corrected chi connectivity index (χ4v) is 3.40. The van der Waals surface area contributed by atoms with E-state index >= 15 is 0 Å². The number of carbonyl (C=O) groups is 1. The van der Waals surface area contributed by atoms with Gasteiger partial charge in [0.25, 0.3) is 0 Å². The molecule has 2 nitrogen and oxygen atoms in total. The Morgan fingerprint density at radius 1 is 0.792 bits per heavy atom. The molecule has 0 aromatic rings. The van der Waals surface area contributed by atoms with E-state index in [4.69, 9.17) is 4.74 Å². The van der Waals surface area contributed by atoms with Crippen molar-refractivity contribution >= 4 is 5.97 Å². The molecule has 142 valence electrons. The highest BCUT2D eigenvalue weighted by atomic mass is 16.6. The zero-order valence-electron chi connectivity index (χ0n) is 16.9. The molecule has 1 saturated carbocycles. The first-order valence-corrected chi connectivity index (χ1v) is 10.6. The van der Waals surface area contributed by atoms with Crippen molar-refractivity contribution in [3.63, 3.8) is 0 Å². The SMILES string of the molecule is CCCCCCCCCCCCCCC1(C(=O)OC(C)(C)C)CC1. The van der Waals surface area contributed by atoms with Gasteiger partial charge in [0.2, 0.25) is 0 Å². The second-order valence-electron chi connectivity index (χ2n) is 8.92. The third-order valence-corrected chi connectivity index (χ3v) is 5.19. The average Bonchev–Trinajstić information content (AvgIpc) is 3.28. The summed E-state index contributed by atoms with van der Waals surface area (Å²) in [5.41, 5.74) is -0.449. The molecule has 1 aliphatic rings. The highest BCUT2D eigenvalue weighted by Crippen LogP contribution is 2.51. The van der Waals surface area contributed by atoms with E-state index < -0.39 is 0 Å². The van der Waals surface area contributed by atoms with Crippen molar-refractivity contribution < 1.29 is 9.53 Å². The van der Waals surface area contributed by atoms with E-state index in [9.17, 15) is 4.79 Å². The number of unbranched alkanes of at least 4 members (excludes halogenated alkanes) is 11. The second kappa shape index (κ2) is 11.2. The first kappa shape index (κ1) is 21.5. The van der Waals surface area contributed by atoms with Gasteiger partial charge in [0.05, 0.1) is 5.41 Å². The Balaban J connectivity index is 1.93. The van der Waals surface area contributed by atoms with Crippen molar-refractivity contribution in [2.75, 3.05) is 0 Å². The minimum Gasteiger partial charge on any atom is -0.460 e. The smallest absolute Gasteiger partial charge is 0.312 e. The van der Waals surface area contributed by atoms with Crippen LogP contribution >= 0.6 is 0 Å². The number of rotatable bonds is 14. The van der Waals surface area contributed by atoms with Gasteiger partial charge in [0.15, 0.2) is 0 Å². The summed E-state index contributed by atoms with van der Waals surface area (Å²) in [5, 5.41) is 0. The summed E-state index contributed by atoms with van der Waals surface area (Å²) >= 11 is 0. The standard InChI is InChI=1S/C22H42O2/c1-5-6-7-8-9-10-11-12-13-14-15-16-17-22(18-19-22)20(23)24-21(2,3)4/h5-19H2,1-4H3. The van der Waals surface area contributed by atoms with Crippen molar-refractivity contribution in [3.05, 3.63) is 0 Å². The quantitative estimate of drug-likeness (QED) is 0.247. The van der Waals surface area contributed by atoms with Crippen LogP contribution in [0.1, 0.15) is 124 Å². The normalized spacial score (nSPS) is 16.2. The molecule has 0 unspecified atom stereocenters. The molecule has 0 heterocycles. The molecule has 0 spiro atoms. The van der Waals surface area contributed by atoms with E-state index in [1.807, 2.05) is 20.8 Å². The topological polar surface area (TPSA) is 26.3 Å². The largest absolute Gasteiger partial charge is 0.460 e. The van der Waals surface area contributed by atoms with Gasteiger partial charge in [-0.3, -0.25) is 4.79 Å². The number of hydrogen-bond acceptors (Lipinski definition) is 2. The van der Waals surface area contributed by atoms with Crippen LogP contribution in [0.2, 0.25) is 0 Å². The lowest BCUT2D eigenvalue weighted by molar-refractivity contribution is -0.162. The van der Waals surface area contributed by atoms with Crippen LogP contribution in [0, 0.1) is 5.41 Å². The number of carbonyl (C=O) groups excluding carboxylic acids is 1. The van der Waals surface area contributed by atoms with Gasteiger partial charge in [0, 0.05) is 0 Å². The van der Waals surface area contributed by atoms with Crippen molar-refractivity contribution in [3.8, 4) is 0 Å². The molecule has 0 N–H and O–H groups in total. The molecule has 0 atom stereocenters. The van der Waals surface area contributed by atoms with Crippen molar-refractivity contribution in [2.45, 2.75) is 130 Å². The lowest BCUT2D eigenvalue weighted by atomic mass is 9.97. The maximum absolute atomic E-state index is 12.3. The summed E-state index contributed by atoms with van der Waals surface area (Å²) in [6, 6.07) is 0. The summed E-state index contributed by atoms with van der Waals surface area (Å²) in [6.45, 7) is 8.17. The Labute approximate surface area is 151 Å². The molecule has 0 aliphatic heterocycles. The van der Waals surface area contributed by atoms with Crippen LogP contribution in [0.15, 0.2) is 0 Å². The van der Waals surface area contributed by atoms with Gasteiger partial charge >= 0.3 is 5.97 Å². The summed E-state index contributed by atoms with van der Waals surface area (Å²) in [6.07, 6.45) is 19.6. The predicted molar refractivity (Wildman–Crippen MR) is 103 cm³/mol. The summed E-state index contributed by atoms with van der Waals surface area (Å²) in [5.74, 6) is 0.0538. The summed E-state index contributed by atoms with van der Waals surface area (Å²) in [7, 11) is 0. The lowest BCUT2D eigenvalue weighted by Gasteiger charge is -2.23. The second-order valence-corrected chi connectivity index (χ2v) is 8.92. The maximum atomic E-state index is 12.3. The predicted octanol–water partition coefficient (Wildman–Crippen LogP) is 7.20. The van der Waals surface area contributed by atoms with E-state index in [-0.39, 0.29) is 17.0 Å². The first-order valence-electron chi connectivity index (χ1n) is 10.6. The maximum Gasteiger partial charge on any atom is 0.312 e. The van der Waals surface area contributed by atoms with E-state index in [2.05, 4.69) is 6.92 Å². The number of esters is 1. The van der Waals surface area contributed by atoms with Gasteiger partial charge < -0.3 is 4.74 Å². The molecule has 2 heteroatoms. The fraction of sp³-hybridized carbons (Fsp3) is 0.955. The molecule has 0 saturated heterocycles. The minimum absolute atomic E-state index is 0.0538. The van der Waals surface area contributed by atoms with E-state index in [0.29, 0.717) is 0 Å². The molecule has 1 rings (SSSR count). The third-order valence-electron chi connectivity index (χ3n) is 5.19. The molecule has 0 radical (unpaired) electrons. The summed E-state index contributed by atoms with van der Waals surface area (Å²) in [4.78, 5) is 12.3. The monoisotopic (exact) mass is 338 g/mol. The highest BCUT2D eigenvalue weighted by Gasteiger charge is 2.51. The Morgan fingerprint density at radius 2 is 1.21 bits per heavy atom. The van der Waals surface area contributed by atoms with Gasteiger partial charge in [-0.1, -0.05) is 84.0 Å². The Morgan fingerprint density at radius 3 is 1.58 bits per heavy atom. The Bertz CT molecular complexity index is 336. The van der Waals surface area contributed by atoms with Crippen LogP contribution < -0.4 is 0 Å². The van der Waals surface area contributed by atoms with Crippen LogP contribution in [0.5, 0.6) is 0 Å². The fourth-order valence-electron chi connectivity index (χ4n) is 3.40.